The molecule has 0 saturated carbocycles. The third kappa shape index (κ3) is 4.35. The first-order valence-electron chi connectivity index (χ1n) is 4.54. The van der Waals surface area contributed by atoms with Gasteiger partial charge in [-0.1, -0.05) is 0 Å². The van der Waals surface area contributed by atoms with Gasteiger partial charge in [0.15, 0.2) is 9.84 Å². The monoisotopic (exact) mass is 263 g/mol. The zero-order valence-electron chi connectivity index (χ0n) is 8.92. The van der Waals surface area contributed by atoms with Crippen LogP contribution >= 0.6 is 0 Å². The van der Waals surface area contributed by atoms with E-state index in [2.05, 4.69) is 0 Å². The highest BCUT2D eigenvalue weighted by molar-refractivity contribution is 7.90. The summed E-state index contributed by atoms with van der Waals surface area (Å²) in [5, 5.41) is 10.3. The zero-order valence-corrected chi connectivity index (χ0v) is 9.74. The summed E-state index contributed by atoms with van der Waals surface area (Å²) in [6.45, 7) is -0.129. The Hall–Kier alpha value is -1.70. The topological polar surface area (TPSA) is 86.5 Å². The molecule has 0 aliphatic rings. The Balaban J connectivity index is 2.68. The van der Waals surface area contributed by atoms with E-state index < -0.39 is 26.3 Å². The second-order valence-electron chi connectivity index (χ2n) is 3.35. The van der Waals surface area contributed by atoms with E-state index in [9.17, 15) is 22.9 Å². The molecule has 0 saturated heterocycles. The minimum Gasteiger partial charge on any atom is -0.492 e. The van der Waals surface area contributed by atoms with Crippen LogP contribution in [0.4, 0.5) is 10.1 Å². The van der Waals surface area contributed by atoms with E-state index in [0.29, 0.717) is 0 Å². The van der Waals surface area contributed by atoms with E-state index in [1.807, 2.05) is 0 Å². The van der Waals surface area contributed by atoms with Crippen LogP contribution in [0.5, 0.6) is 5.75 Å². The Kier molecular flexibility index (Phi) is 4.00. The number of rotatable bonds is 5. The third-order valence-corrected chi connectivity index (χ3v) is 2.75. The predicted octanol–water partition coefficient (Wildman–Crippen LogP) is 1.16. The summed E-state index contributed by atoms with van der Waals surface area (Å²) in [7, 11) is -3.15. The minimum absolute atomic E-state index is 0.0525. The van der Waals surface area contributed by atoms with Crippen molar-refractivity contribution in [3.05, 3.63) is 34.1 Å². The highest BCUT2D eigenvalue weighted by Gasteiger charge is 2.14. The average Bonchev–Trinajstić information content (AvgIpc) is 2.15. The van der Waals surface area contributed by atoms with E-state index in [1.54, 1.807) is 0 Å². The molecule has 0 aliphatic heterocycles. The van der Waals surface area contributed by atoms with Crippen molar-refractivity contribution in [3.63, 3.8) is 0 Å². The second-order valence-corrected chi connectivity index (χ2v) is 5.61. The molecule has 0 N–H and O–H groups in total. The second kappa shape index (κ2) is 5.09. The number of benzene rings is 1. The highest BCUT2D eigenvalue weighted by atomic mass is 32.2. The van der Waals surface area contributed by atoms with Crippen molar-refractivity contribution in [1.29, 1.82) is 0 Å². The maximum Gasteiger partial charge on any atom is 0.305 e. The van der Waals surface area contributed by atoms with Crippen molar-refractivity contribution in [1.82, 2.24) is 0 Å². The van der Waals surface area contributed by atoms with Gasteiger partial charge < -0.3 is 4.74 Å². The van der Waals surface area contributed by atoms with Gasteiger partial charge in [-0.15, -0.1) is 0 Å². The van der Waals surface area contributed by atoms with Gasteiger partial charge in [-0.3, -0.25) is 10.1 Å². The fourth-order valence-electron chi connectivity index (χ4n) is 1.04. The van der Waals surface area contributed by atoms with Crippen molar-refractivity contribution >= 4 is 15.5 Å². The van der Waals surface area contributed by atoms with Crippen LogP contribution in [-0.4, -0.2) is 32.0 Å². The van der Waals surface area contributed by atoms with Gasteiger partial charge in [0.05, 0.1) is 10.7 Å². The Morgan fingerprint density at radius 1 is 1.47 bits per heavy atom. The molecule has 8 heteroatoms. The molecule has 0 heterocycles. The molecule has 0 fully saturated rings. The number of hydrogen-bond acceptors (Lipinski definition) is 5. The first-order chi connectivity index (χ1) is 7.79. The Bertz CT molecular complexity index is 528. The van der Waals surface area contributed by atoms with Crippen LogP contribution in [0.3, 0.4) is 0 Å². The van der Waals surface area contributed by atoms with Crippen LogP contribution in [0.15, 0.2) is 18.2 Å². The first-order valence-corrected chi connectivity index (χ1v) is 6.60. The van der Waals surface area contributed by atoms with Gasteiger partial charge in [0.2, 0.25) is 5.82 Å². The van der Waals surface area contributed by atoms with E-state index in [4.69, 9.17) is 4.74 Å². The summed E-state index contributed by atoms with van der Waals surface area (Å²) in [4.78, 5) is 9.47. The van der Waals surface area contributed by atoms with Crippen LogP contribution in [0.1, 0.15) is 0 Å². The van der Waals surface area contributed by atoms with Crippen LogP contribution < -0.4 is 4.74 Å². The lowest BCUT2D eigenvalue weighted by atomic mass is 10.3. The van der Waals surface area contributed by atoms with Crippen molar-refractivity contribution < 1.29 is 22.5 Å². The summed E-state index contributed by atoms with van der Waals surface area (Å²) in [5.74, 6) is -1.17. The fourth-order valence-corrected chi connectivity index (χ4v) is 1.42. The Morgan fingerprint density at radius 2 is 2.12 bits per heavy atom. The molecular weight excluding hydrogens is 253 g/mol. The molecule has 0 bridgehead atoms. The summed E-state index contributed by atoms with van der Waals surface area (Å²) in [6, 6.07) is 3.02. The van der Waals surface area contributed by atoms with Crippen molar-refractivity contribution in [2.75, 3.05) is 18.6 Å². The van der Waals surface area contributed by atoms with Crippen molar-refractivity contribution in [2.24, 2.45) is 0 Å². The lowest BCUT2D eigenvalue weighted by Gasteiger charge is -2.05. The lowest BCUT2D eigenvalue weighted by Crippen LogP contribution is -2.12. The molecular formula is C9H10FNO5S. The standard InChI is InChI=1S/C9H10FNO5S/c1-17(14,15)5-4-16-7-2-3-9(11(12)13)8(10)6-7/h2-3,6H,4-5H2,1H3. The Morgan fingerprint density at radius 3 is 2.59 bits per heavy atom. The molecule has 0 unspecified atom stereocenters. The van der Waals surface area contributed by atoms with Crippen molar-refractivity contribution in [2.45, 2.75) is 0 Å². The minimum atomic E-state index is -3.15. The van der Waals surface area contributed by atoms with Gasteiger partial charge in [-0.25, -0.2) is 8.42 Å². The van der Waals surface area contributed by atoms with Gasteiger partial charge in [-0.05, 0) is 6.07 Å². The number of nitro groups is 1. The van der Waals surface area contributed by atoms with Gasteiger partial charge in [0, 0.05) is 18.4 Å². The lowest BCUT2D eigenvalue weighted by molar-refractivity contribution is -0.387. The average molecular weight is 263 g/mol. The summed E-state index contributed by atoms with van der Waals surface area (Å²) < 4.78 is 39.7. The van der Waals surface area contributed by atoms with Crippen LogP contribution in [-0.2, 0) is 9.84 Å². The molecule has 0 spiro atoms. The van der Waals surface area contributed by atoms with E-state index >= 15 is 0 Å². The molecule has 1 aromatic rings. The maximum absolute atomic E-state index is 13.1. The molecule has 6 nitrogen and oxygen atoms in total. The third-order valence-electron chi connectivity index (χ3n) is 1.84. The van der Waals surface area contributed by atoms with E-state index in [0.717, 1.165) is 18.4 Å². The van der Waals surface area contributed by atoms with Gasteiger partial charge >= 0.3 is 5.69 Å². The number of sulfone groups is 1. The van der Waals surface area contributed by atoms with Crippen LogP contribution in [0.25, 0.3) is 0 Å². The molecule has 0 radical (unpaired) electrons. The summed E-state index contributed by atoms with van der Waals surface area (Å²) in [5.41, 5.74) is -0.652. The molecule has 1 rings (SSSR count). The van der Waals surface area contributed by atoms with Gasteiger partial charge in [0.1, 0.15) is 12.4 Å². The highest BCUT2D eigenvalue weighted by Crippen LogP contribution is 2.22. The molecule has 17 heavy (non-hydrogen) atoms. The maximum atomic E-state index is 13.1. The number of nitrogens with zero attached hydrogens (tertiary/aromatic N) is 1. The predicted molar refractivity (Wildman–Crippen MR) is 58.3 cm³/mol. The number of nitro benzene ring substituents is 1. The SMILES string of the molecule is CS(=O)(=O)CCOc1ccc([N+](=O)[O-])c(F)c1. The van der Waals surface area contributed by atoms with Gasteiger partial charge in [-0.2, -0.15) is 4.39 Å². The van der Waals surface area contributed by atoms with Crippen molar-refractivity contribution in [3.8, 4) is 5.75 Å². The number of hydrogen-bond donors (Lipinski definition) is 0. The molecule has 0 amide bonds. The fraction of sp³-hybridized carbons (Fsp3) is 0.333. The molecule has 0 aliphatic carbocycles. The number of ether oxygens (including phenoxy) is 1. The molecule has 0 atom stereocenters. The number of halogens is 1. The molecule has 94 valence electrons. The van der Waals surface area contributed by atoms with E-state index in [-0.39, 0.29) is 18.1 Å². The van der Waals surface area contributed by atoms with E-state index in [1.165, 1.54) is 6.07 Å². The quantitative estimate of drug-likeness (QED) is 0.587. The summed E-state index contributed by atoms with van der Waals surface area (Å²) in [6.07, 6.45) is 1.05. The van der Waals surface area contributed by atoms with Crippen LogP contribution in [0.2, 0.25) is 0 Å². The Labute approximate surface area is 97.1 Å². The van der Waals surface area contributed by atoms with Crippen LogP contribution in [0, 0.1) is 15.9 Å². The summed E-state index contributed by atoms with van der Waals surface area (Å²) >= 11 is 0. The van der Waals surface area contributed by atoms with Gasteiger partial charge in [0.25, 0.3) is 0 Å². The molecule has 0 aromatic heterocycles. The first kappa shape index (κ1) is 13.4. The largest absolute Gasteiger partial charge is 0.492 e. The normalized spacial score (nSPS) is 11.2. The smallest absolute Gasteiger partial charge is 0.305 e. The zero-order chi connectivity index (χ0) is 13.1. The molecule has 1 aromatic carbocycles.